The molecule has 0 radical (unpaired) electrons. The van der Waals surface area contributed by atoms with Crippen LogP contribution >= 0.6 is 0 Å². The molecule has 250 valence electrons. The maximum atomic E-state index is 17.1. The SMILES string of the molecule is CCc1c(F)ccc2cc(O)cc(-c3nc4c5c(nc(OCC6(CN7CC=C[C@H]7CO)CC6)nc5c3F)N3C[C@H]5CC[C@H](N5)[C@H]3CO4)c12. The molecule has 4 aliphatic heterocycles. The third-order valence-corrected chi connectivity index (χ3v) is 11.1. The summed E-state index contributed by atoms with van der Waals surface area (Å²) in [6.07, 6.45) is 8.48. The molecular formula is C36H38F2N6O4. The molecule has 3 N–H and O–H groups in total. The molecule has 2 bridgehead atoms. The number of nitrogens with one attached hydrogen (secondary N) is 1. The van der Waals surface area contributed by atoms with E-state index in [4.69, 9.17) is 19.4 Å². The fourth-order valence-electron chi connectivity index (χ4n) is 8.33. The van der Waals surface area contributed by atoms with Gasteiger partial charge in [-0.25, -0.2) is 13.8 Å². The molecular weight excluding hydrogens is 618 g/mol. The highest BCUT2D eigenvalue weighted by Gasteiger charge is 2.47. The number of aliphatic hydroxyl groups is 1. The van der Waals surface area contributed by atoms with E-state index in [1.54, 1.807) is 12.1 Å². The summed E-state index contributed by atoms with van der Waals surface area (Å²) < 4.78 is 45.0. The van der Waals surface area contributed by atoms with E-state index < -0.39 is 11.6 Å². The molecule has 48 heavy (non-hydrogen) atoms. The number of ether oxygens (including phenoxy) is 2. The lowest BCUT2D eigenvalue weighted by molar-refractivity contribution is 0.123. The zero-order valence-corrected chi connectivity index (χ0v) is 26.8. The maximum absolute atomic E-state index is 17.1. The number of pyridine rings is 1. The van der Waals surface area contributed by atoms with Gasteiger partial charge in [0.15, 0.2) is 5.82 Å². The Balaban J connectivity index is 1.18. The van der Waals surface area contributed by atoms with E-state index in [0.29, 0.717) is 53.7 Å². The number of hydrogen-bond acceptors (Lipinski definition) is 10. The van der Waals surface area contributed by atoms with Gasteiger partial charge in [-0.2, -0.15) is 9.97 Å². The van der Waals surface area contributed by atoms with Gasteiger partial charge in [0.2, 0.25) is 5.88 Å². The monoisotopic (exact) mass is 656 g/mol. The Labute approximate surface area is 276 Å². The molecule has 2 saturated heterocycles. The zero-order valence-electron chi connectivity index (χ0n) is 26.8. The maximum Gasteiger partial charge on any atom is 0.319 e. The third kappa shape index (κ3) is 4.79. The van der Waals surface area contributed by atoms with Gasteiger partial charge in [0.05, 0.1) is 25.3 Å². The smallest absolute Gasteiger partial charge is 0.319 e. The number of benzene rings is 2. The van der Waals surface area contributed by atoms with Crippen molar-refractivity contribution >= 4 is 27.5 Å². The molecule has 12 heteroatoms. The predicted molar refractivity (Wildman–Crippen MR) is 177 cm³/mol. The summed E-state index contributed by atoms with van der Waals surface area (Å²) in [5, 5.41) is 25.7. The van der Waals surface area contributed by atoms with Crippen molar-refractivity contribution in [3.8, 4) is 28.9 Å². The van der Waals surface area contributed by atoms with Gasteiger partial charge in [0.25, 0.3) is 0 Å². The minimum absolute atomic E-state index is 0.00117. The topological polar surface area (TPSA) is 116 Å². The Bertz CT molecular complexity index is 1990. The van der Waals surface area contributed by atoms with E-state index in [1.165, 1.54) is 12.1 Å². The predicted octanol–water partition coefficient (Wildman–Crippen LogP) is 4.48. The number of hydrogen-bond donors (Lipinski definition) is 3. The van der Waals surface area contributed by atoms with Crippen LogP contribution in [0, 0.1) is 17.0 Å². The van der Waals surface area contributed by atoms with E-state index in [2.05, 4.69) is 26.2 Å². The summed E-state index contributed by atoms with van der Waals surface area (Å²) in [6.45, 7) is 4.83. The number of rotatable bonds is 8. The Hall–Kier alpha value is -4.13. The molecule has 0 spiro atoms. The number of piperazine rings is 1. The van der Waals surface area contributed by atoms with Crippen LogP contribution in [-0.2, 0) is 6.42 Å². The van der Waals surface area contributed by atoms with Crippen LogP contribution in [-0.4, -0.2) is 93.7 Å². The van der Waals surface area contributed by atoms with Gasteiger partial charge in [0, 0.05) is 42.7 Å². The van der Waals surface area contributed by atoms with Gasteiger partial charge in [-0.15, -0.1) is 0 Å². The van der Waals surface area contributed by atoms with Gasteiger partial charge < -0.3 is 29.9 Å². The number of aromatic hydroxyl groups is 1. The molecule has 9 rings (SSSR count). The first-order valence-corrected chi connectivity index (χ1v) is 17.0. The Morgan fingerprint density at radius 2 is 2.00 bits per heavy atom. The van der Waals surface area contributed by atoms with Gasteiger partial charge in [0.1, 0.15) is 40.6 Å². The summed E-state index contributed by atoms with van der Waals surface area (Å²) in [6, 6.07) is 6.42. The standard InChI is InChI=1S/C36H38F2N6O4/c1-2-23-25(37)7-5-19-12-22(46)13-24(28(19)23)31-30(38)32-29-33(44-14-20-6-8-26(39-20)27(44)16-47-34(29)40-31)42-35(41-32)48-18-36(9-10-36)17-43-11-3-4-21(43)15-45/h3-5,7,12-13,20-21,26-27,39,45-46H,2,6,8-11,14-18H2,1H3/t20-,21+,26+,27-/m1/s1. The van der Waals surface area contributed by atoms with Crippen LogP contribution in [0.15, 0.2) is 36.4 Å². The molecule has 5 aliphatic rings. The van der Waals surface area contributed by atoms with E-state index in [9.17, 15) is 10.2 Å². The van der Waals surface area contributed by atoms with Gasteiger partial charge in [-0.1, -0.05) is 25.1 Å². The highest BCUT2D eigenvalue weighted by molar-refractivity contribution is 6.03. The van der Waals surface area contributed by atoms with Crippen molar-refractivity contribution in [1.82, 2.24) is 25.2 Å². The third-order valence-electron chi connectivity index (χ3n) is 11.1. The molecule has 0 unspecified atom stereocenters. The van der Waals surface area contributed by atoms with Crippen molar-refractivity contribution in [3.63, 3.8) is 0 Å². The molecule has 4 atom stereocenters. The number of aromatic nitrogens is 3. The lowest BCUT2D eigenvalue weighted by atomic mass is 9.94. The van der Waals surface area contributed by atoms with Crippen LogP contribution < -0.4 is 19.7 Å². The lowest BCUT2D eigenvalue weighted by Crippen LogP contribution is -2.60. The molecule has 3 fully saturated rings. The second-order valence-electron chi connectivity index (χ2n) is 14.1. The first-order chi connectivity index (χ1) is 23.3. The number of aryl methyl sites for hydroxylation is 1. The second-order valence-corrected chi connectivity index (χ2v) is 14.1. The first kappa shape index (κ1) is 30.0. The minimum Gasteiger partial charge on any atom is -0.508 e. The van der Waals surface area contributed by atoms with Crippen molar-refractivity contribution in [3.05, 3.63) is 53.6 Å². The number of phenolic OH excluding ortho intramolecular Hbond substituents is 1. The Morgan fingerprint density at radius 1 is 1.12 bits per heavy atom. The number of nitrogens with zero attached hydrogens (tertiary/aromatic N) is 5. The molecule has 2 aromatic heterocycles. The summed E-state index contributed by atoms with van der Waals surface area (Å²) in [5.41, 5.74) is 0.513. The van der Waals surface area contributed by atoms with Crippen LogP contribution in [0.4, 0.5) is 14.6 Å². The van der Waals surface area contributed by atoms with Crippen LogP contribution in [0.1, 0.15) is 38.2 Å². The zero-order chi connectivity index (χ0) is 32.7. The lowest BCUT2D eigenvalue weighted by Gasteiger charge is -2.40. The fraction of sp³-hybridized carbons (Fsp3) is 0.472. The average molecular weight is 657 g/mol. The van der Waals surface area contributed by atoms with E-state index in [1.807, 2.05) is 13.0 Å². The van der Waals surface area contributed by atoms with E-state index in [0.717, 1.165) is 38.8 Å². The first-order valence-electron chi connectivity index (χ1n) is 17.0. The van der Waals surface area contributed by atoms with Gasteiger partial charge >= 0.3 is 6.01 Å². The minimum atomic E-state index is -0.712. The number of fused-ring (bicyclic) bond motifs is 6. The van der Waals surface area contributed by atoms with Gasteiger partial charge in [-0.3, -0.25) is 4.90 Å². The molecule has 4 aromatic rings. The van der Waals surface area contributed by atoms with Crippen LogP contribution in [0.25, 0.3) is 32.9 Å². The largest absolute Gasteiger partial charge is 0.508 e. The quantitative estimate of drug-likeness (QED) is 0.235. The van der Waals surface area contributed by atoms with Crippen LogP contribution in [0.5, 0.6) is 17.6 Å². The number of anilines is 1. The average Bonchev–Trinajstić information content (AvgIpc) is 3.58. The van der Waals surface area contributed by atoms with Crippen molar-refractivity contribution in [2.75, 3.05) is 44.4 Å². The van der Waals surface area contributed by atoms with Gasteiger partial charge in [-0.05, 0) is 66.6 Å². The molecule has 1 aliphatic carbocycles. The van der Waals surface area contributed by atoms with E-state index >= 15 is 8.78 Å². The summed E-state index contributed by atoms with van der Waals surface area (Å²) in [7, 11) is 0. The second kappa shape index (κ2) is 11.2. The number of phenols is 1. The van der Waals surface area contributed by atoms with Crippen LogP contribution in [0.3, 0.4) is 0 Å². The van der Waals surface area contributed by atoms with E-state index in [-0.39, 0.29) is 70.6 Å². The molecule has 10 nitrogen and oxygen atoms in total. The molecule has 0 amide bonds. The molecule has 6 heterocycles. The summed E-state index contributed by atoms with van der Waals surface area (Å²) >= 11 is 0. The van der Waals surface area contributed by atoms with Crippen molar-refractivity contribution in [1.29, 1.82) is 0 Å². The molecule has 2 aromatic carbocycles. The van der Waals surface area contributed by atoms with Crippen molar-refractivity contribution < 1.29 is 28.5 Å². The summed E-state index contributed by atoms with van der Waals surface area (Å²) in [4.78, 5) is 18.8. The fourth-order valence-corrected chi connectivity index (χ4v) is 8.33. The number of aliphatic hydroxyl groups excluding tert-OH is 1. The van der Waals surface area contributed by atoms with Crippen molar-refractivity contribution in [2.24, 2.45) is 5.41 Å². The highest BCUT2D eigenvalue weighted by atomic mass is 19.1. The van der Waals surface area contributed by atoms with Crippen molar-refractivity contribution in [2.45, 2.75) is 63.2 Å². The molecule has 1 saturated carbocycles. The summed E-state index contributed by atoms with van der Waals surface area (Å²) in [5.74, 6) is -0.461. The number of halogens is 2. The highest BCUT2D eigenvalue weighted by Crippen LogP contribution is 2.48. The van der Waals surface area contributed by atoms with Crippen LogP contribution in [0.2, 0.25) is 0 Å². The Kier molecular flexibility index (Phi) is 7.00. The Morgan fingerprint density at radius 3 is 2.81 bits per heavy atom. The normalized spacial score (nSPS) is 25.4.